The molecule has 8 nitrogen and oxygen atoms in total. The normalized spacial score (nSPS) is 21.9. The van der Waals surface area contributed by atoms with E-state index >= 15 is 0 Å². The standard InChI is InChI=1S/C14H25N5O3/c1-10-4-3-6-19(11(10)5-7-20)14(21)15-8-12-16-13(9-22-2)18-17-12/h10-11,20H,3-9H2,1-2H3,(H,15,21)(H,16,17,18). The van der Waals surface area contributed by atoms with Gasteiger partial charge >= 0.3 is 6.03 Å². The van der Waals surface area contributed by atoms with Crippen molar-refractivity contribution in [2.45, 2.75) is 45.4 Å². The zero-order valence-corrected chi connectivity index (χ0v) is 13.2. The summed E-state index contributed by atoms with van der Waals surface area (Å²) >= 11 is 0. The van der Waals surface area contributed by atoms with Crippen LogP contribution in [0.15, 0.2) is 0 Å². The smallest absolute Gasteiger partial charge is 0.318 e. The molecular weight excluding hydrogens is 286 g/mol. The molecule has 1 fully saturated rings. The van der Waals surface area contributed by atoms with Crippen molar-refractivity contribution in [2.24, 2.45) is 5.92 Å². The first-order valence-corrected chi connectivity index (χ1v) is 7.70. The molecule has 2 amide bonds. The van der Waals surface area contributed by atoms with E-state index in [-0.39, 0.29) is 18.7 Å². The molecule has 8 heteroatoms. The molecule has 0 aliphatic carbocycles. The topological polar surface area (TPSA) is 103 Å². The number of carbonyl (C=O) groups is 1. The number of hydrogen-bond donors (Lipinski definition) is 3. The fraction of sp³-hybridized carbons (Fsp3) is 0.786. The van der Waals surface area contributed by atoms with Crippen LogP contribution in [0.3, 0.4) is 0 Å². The Morgan fingerprint density at radius 3 is 3.14 bits per heavy atom. The average Bonchev–Trinajstić information content (AvgIpc) is 2.95. The Labute approximate surface area is 130 Å². The van der Waals surface area contributed by atoms with Crippen molar-refractivity contribution in [2.75, 3.05) is 20.3 Å². The number of H-pyrrole nitrogens is 1. The Balaban J connectivity index is 1.89. The second-order valence-electron chi connectivity index (χ2n) is 5.68. The Hall–Kier alpha value is -1.67. The van der Waals surface area contributed by atoms with Crippen molar-refractivity contribution < 1.29 is 14.6 Å². The number of urea groups is 1. The number of likely N-dealkylation sites (tertiary alicyclic amines) is 1. The number of piperidine rings is 1. The van der Waals surface area contributed by atoms with Crippen LogP contribution in [0.25, 0.3) is 0 Å². The van der Waals surface area contributed by atoms with E-state index < -0.39 is 0 Å². The van der Waals surface area contributed by atoms with Crippen molar-refractivity contribution in [3.05, 3.63) is 11.6 Å². The third-order valence-electron chi connectivity index (χ3n) is 4.06. The van der Waals surface area contributed by atoms with E-state index in [1.54, 1.807) is 7.11 Å². The molecule has 2 atom stereocenters. The van der Waals surface area contributed by atoms with Gasteiger partial charge in [0.15, 0.2) is 5.82 Å². The van der Waals surface area contributed by atoms with Crippen LogP contribution in [0.5, 0.6) is 0 Å². The van der Waals surface area contributed by atoms with Crippen LogP contribution in [0.1, 0.15) is 37.8 Å². The number of methoxy groups -OCH3 is 1. The predicted molar refractivity (Wildman–Crippen MR) is 79.9 cm³/mol. The summed E-state index contributed by atoms with van der Waals surface area (Å²) in [4.78, 5) is 18.4. The van der Waals surface area contributed by atoms with Gasteiger partial charge in [0.1, 0.15) is 12.4 Å². The largest absolute Gasteiger partial charge is 0.396 e. The Kier molecular flexibility index (Phi) is 6.14. The summed E-state index contributed by atoms with van der Waals surface area (Å²) in [5, 5.41) is 18.8. The van der Waals surface area contributed by atoms with Crippen LogP contribution in [0, 0.1) is 5.92 Å². The van der Waals surface area contributed by atoms with E-state index in [1.165, 1.54) is 0 Å². The quantitative estimate of drug-likeness (QED) is 0.715. The van der Waals surface area contributed by atoms with Gasteiger partial charge in [0.05, 0.1) is 6.54 Å². The lowest BCUT2D eigenvalue weighted by Crippen LogP contribution is -2.51. The molecule has 22 heavy (non-hydrogen) atoms. The van der Waals surface area contributed by atoms with Crippen LogP contribution in [0.4, 0.5) is 4.79 Å². The molecule has 0 aromatic carbocycles. The summed E-state index contributed by atoms with van der Waals surface area (Å²) in [7, 11) is 1.58. The number of nitrogens with zero attached hydrogens (tertiary/aromatic N) is 3. The van der Waals surface area contributed by atoms with Gasteiger partial charge in [-0.2, -0.15) is 5.10 Å². The number of hydrogen-bond acceptors (Lipinski definition) is 5. The fourth-order valence-corrected chi connectivity index (χ4v) is 2.94. The molecule has 1 aliphatic heterocycles. The number of rotatable bonds is 6. The minimum absolute atomic E-state index is 0.0949. The maximum Gasteiger partial charge on any atom is 0.318 e. The third-order valence-corrected chi connectivity index (χ3v) is 4.06. The molecule has 1 aliphatic rings. The molecule has 0 bridgehead atoms. The van der Waals surface area contributed by atoms with E-state index in [2.05, 4.69) is 27.4 Å². The predicted octanol–water partition coefficient (Wildman–Crippen LogP) is 0.644. The van der Waals surface area contributed by atoms with E-state index in [9.17, 15) is 9.90 Å². The first-order valence-electron chi connectivity index (χ1n) is 7.70. The Morgan fingerprint density at radius 2 is 2.41 bits per heavy atom. The molecule has 2 heterocycles. The Morgan fingerprint density at radius 1 is 1.59 bits per heavy atom. The molecule has 2 unspecified atom stereocenters. The molecule has 0 spiro atoms. The van der Waals surface area contributed by atoms with Gasteiger partial charge in [0.2, 0.25) is 0 Å². The zero-order chi connectivity index (χ0) is 15.9. The highest BCUT2D eigenvalue weighted by atomic mass is 16.5. The molecule has 1 saturated heterocycles. The summed E-state index contributed by atoms with van der Waals surface area (Å²) in [6, 6.07) is -0.0211. The summed E-state index contributed by atoms with van der Waals surface area (Å²) < 4.78 is 4.95. The van der Waals surface area contributed by atoms with Crippen molar-refractivity contribution in [1.29, 1.82) is 0 Å². The molecule has 0 radical (unpaired) electrons. The van der Waals surface area contributed by atoms with Gasteiger partial charge in [-0.3, -0.25) is 5.10 Å². The van der Waals surface area contributed by atoms with E-state index in [0.717, 1.165) is 19.4 Å². The number of aliphatic hydroxyl groups excluding tert-OH is 1. The maximum atomic E-state index is 12.4. The van der Waals surface area contributed by atoms with Crippen LogP contribution < -0.4 is 5.32 Å². The lowest BCUT2D eigenvalue weighted by Gasteiger charge is -2.39. The lowest BCUT2D eigenvalue weighted by atomic mass is 9.89. The number of nitrogens with one attached hydrogen (secondary N) is 2. The second-order valence-corrected chi connectivity index (χ2v) is 5.68. The maximum absolute atomic E-state index is 12.4. The minimum Gasteiger partial charge on any atom is -0.396 e. The summed E-state index contributed by atoms with van der Waals surface area (Å²) in [6.45, 7) is 3.60. The van der Waals surface area contributed by atoms with E-state index in [0.29, 0.717) is 37.1 Å². The van der Waals surface area contributed by atoms with E-state index in [1.807, 2.05) is 4.90 Å². The third kappa shape index (κ3) is 4.17. The summed E-state index contributed by atoms with van der Waals surface area (Å²) in [6.07, 6.45) is 2.71. The number of ether oxygens (including phenoxy) is 1. The van der Waals surface area contributed by atoms with Gasteiger partial charge < -0.3 is 20.1 Å². The zero-order valence-electron chi connectivity index (χ0n) is 13.2. The van der Waals surface area contributed by atoms with Gasteiger partial charge in [-0.25, -0.2) is 9.78 Å². The number of aliphatic hydroxyl groups is 1. The van der Waals surface area contributed by atoms with Gasteiger partial charge in [0, 0.05) is 26.3 Å². The van der Waals surface area contributed by atoms with E-state index in [4.69, 9.17) is 4.74 Å². The number of aromatic nitrogens is 3. The molecule has 1 aromatic rings. The fourth-order valence-electron chi connectivity index (χ4n) is 2.94. The van der Waals surface area contributed by atoms with Crippen molar-refractivity contribution >= 4 is 6.03 Å². The monoisotopic (exact) mass is 311 g/mol. The Bertz CT molecular complexity index is 479. The molecule has 124 valence electrons. The average molecular weight is 311 g/mol. The second kappa shape index (κ2) is 8.09. The van der Waals surface area contributed by atoms with Crippen molar-refractivity contribution in [3.8, 4) is 0 Å². The highest BCUT2D eigenvalue weighted by molar-refractivity contribution is 5.74. The van der Waals surface area contributed by atoms with Crippen molar-refractivity contribution in [1.82, 2.24) is 25.4 Å². The van der Waals surface area contributed by atoms with Crippen molar-refractivity contribution in [3.63, 3.8) is 0 Å². The molecule has 3 N–H and O–H groups in total. The van der Waals surface area contributed by atoms with Gasteiger partial charge in [-0.1, -0.05) is 6.92 Å². The van der Waals surface area contributed by atoms with Gasteiger partial charge in [-0.05, 0) is 25.2 Å². The summed E-state index contributed by atoms with van der Waals surface area (Å²) in [5.74, 6) is 1.57. The van der Waals surface area contributed by atoms with Crippen LogP contribution in [-0.4, -0.2) is 57.5 Å². The summed E-state index contributed by atoms with van der Waals surface area (Å²) in [5.41, 5.74) is 0. The number of aromatic amines is 1. The molecule has 1 aromatic heterocycles. The lowest BCUT2D eigenvalue weighted by molar-refractivity contribution is 0.0991. The molecular formula is C14H25N5O3. The van der Waals surface area contributed by atoms with Crippen LogP contribution in [0.2, 0.25) is 0 Å². The first-order chi connectivity index (χ1) is 10.7. The number of amides is 2. The molecule has 0 saturated carbocycles. The van der Waals surface area contributed by atoms with Crippen LogP contribution >= 0.6 is 0 Å². The minimum atomic E-state index is -0.116. The SMILES string of the molecule is COCc1n[nH]c(CNC(=O)N2CCCC(C)C2CCO)n1. The first kappa shape index (κ1) is 16.7. The number of carbonyl (C=O) groups excluding carboxylic acids is 1. The van der Waals surface area contributed by atoms with Crippen LogP contribution in [-0.2, 0) is 17.9 Å². The highest BCUT2D eigenvalue weighted by Crippen LogP contribution is 2.25. The highest BCUT2D eigenvalue weighted by Gasteiger charge is 2.31. The van der Waals surface area contributed by atoms with Gasteiger partial charge in [0.25, 0.3) is 0 Å². The van der Waals surface area contributed by atoms with Gasteiger partial charge in [-0.15, -0.1) is 0 Å². The molecule has 2 rings (SSSR count).